The van der Waals surface area contributed by atoms with Crippen molar-refractivity contribution in [3.8, 4) is 0 Å². The molecule has 5 heteroatoms. The fourth-order valence-corrected chi connectivity index (χ4v) is 4.38. The molecule has 1 aliphatic carbocycles. The van der Waals surface area contributed by atoms with Crippen molar-refractivity contribution in [3.63, 3.8) is 0 Å². The van der Waals surface area contributed by atoms with E-state index >= 15 is 0 Å². The van der Waals surface area contributed by atoms with E-state index in [0.29, 0.717) is 11.5 Å². The zero-order valence-electron chi connectivity index (χ0n) is 11.8. The van der Waals surface area contributed by atoms with Gasteiger partial charge in [-0.05, 0) is 54.9 Å². The lowest BCUT2D eigenvalue weighted by Crippen LogP contribution is -2.12. The van der Waals surface area contributed by atoms with Crippen molar-refractivity contribution >= 4 is 28.8 Å². The highest BCUT2D eigenvalue weighted by atomic mass is 32.2. The number of hydrogen-bond acceptors (Lipinski definition) is 3. The number of hydrogen-bond donors (Lipinski definition) is 1. The summed E-state index contributed by atoms with van der Waals surface area (Å²) in [4.78, 5) is 15.9. The first-order valence-corrected chi connectivity index (χ1v) is 8.69. The number of carboxylic acids is 1. The summed E-state index contributed by atoms with van der Waals surface area (Å²) in [5.41, 5.74) is 2.26. The van der Waals surface area contributed by atoms with Crippen LogP contribution in [0.4, 0.5) is 0 Å². The standard InChI is InChI=1S/C16H18N2O2S/c19-16(20)12-3-4-14-13(7-12)17-15(11-1-2-11)18(14)8-10-5-6-21-9-10/h3-4,7,10-11H,1-2,5-6,8-9H2,(H,19,20). The Labute approximate surface area is 127 Å². The molecule has 2 heterocycles. The summed E-state index contributed by atoms with van der Waals surface area (Å²) in [6.45, 7) is 1.03. The fourth-order valence-electron chi connectivity index (χ4n) is 3.11. The van der Waals surface area contributed by atoms with Crippen LogP contribution in [0.25, 0.3) is 11.0 Å². The molecule has 1 aromatic carbocycles. The Morgan fingerprint density at radius 3 is 2.90 bits per heavy atom. The first-order chi connectivity index (χ1) is 10.2. The number of aromatic nitrogens is 2. The molecule has 110 valence electrons. The molecule has 21 heavy (non-hydrogen) atoms. The molecule has 2 aromatic rings. The number of fused-ring (bicyclic) bond motifs is 1. The summed E-state index contributed by atoms with van der Waals surface area (Å²) in [5, 5.41) is 9.13. The summed E-state index contributed by atoms with van der Waals surface area (Å²) >= 11 is 2.03. The second kappa shape index (κ2) is 5.05. The highest BCUT2D eigenvalue weighted by molar-refractivity contribution is 7.99. The summed E-state index contributed by atoms with van der Waals surface area (Å²) < 4.78 is 2.36. The largest absolute Gasteiger partial charge is 0.478 e. The molecule has 4 rings (SSSR count). The van der Waals surface area contributed by atoms with Crippen LogP contribution in [0.3, 0.4) is 0 Å². The van der Waals surface area contributed by atoms with Crippen LogP contribution in [0.5, 0.6) is 0 Å². The number of benzene rings is 1. The van der Waals surface area contributed by atoms with Gasteiger partial charge >= 0.3 is 5.97 Å². The van der Waals surface area contributed by atoms with Crippen LogP contribution in [0.15, 0.2) is 18.2 Å². The number of rotatable bonds is 4. The smallest absolute Gasteiger partial charge is 0.335 e. The molecule has 0 bridgehead atoms. The topological polar surface area (TPSA) is 55.1 Å². The molecule has 2 fully saturated rings. The second-order valence-corrected chi connectivity index (χ2v) is 7.24. The van der Waals surface area contributed by atoms with Gasteiger partial charge in [0.15, 0.2) is 0 Å². The maximum atomic E-state index is 11.1. The summed E-state index contributed by atoms with van der Waals surface area (Å²) in [5.74, 6) is 4.09. The van der Waals surface area contributed by atoms with E-state index in [0.717, 1.165) is 23.5 Å². The molecule has 4 nitrogen and oxygen atoms in total. The van der Waals surface area contributed by atoms with E-state index in [1.165, 1.54) is 36.6 Å². The van der Waals surface area contributed by atoms with Crippen LogP contribution in [0.2, 0.25) is 0 Å². The van der Waals surface area contributed by atoms with Gasteiger partial charge in [-0.3, -0.25) is 0 Å². The number of carboxylic acid groups (broad SMARTS) is 1. The zero-order valence-corrected chi connectivity index (χ0v) is 12.6. The minimum Gasteiger partial charge on any atom is -0.478 e. The van der Waals surface area contributed by atoms with E-state index in [9.17, 15) is 4.79 Å². The molecule has 2 aliphatic rings. The van der Waals surface area contributed by atoms with Gasteiger partial charge in [-0.15, -0.1) is 0 Å². The normalized spacial score (nSPS) is 22.0. The lowest BCUT2D eigenvalue weighted by molar-refractivity contribution is 0.0697. The second-order valence-electron chi connectivity index (χ2n) is 6.09. The van der Waals surface area contributed by atoms with Crippen molar-refractivity contribution in [2.75, 3.05) is 11.5 Å². The van der Waals surface area contributed by atoms with E-state index in [4.69, 9.17) is 10.1 Å². The molecule has 1 saturated carbocycles. The SMILES string of the molecule is O=C(O)c1ccc2c(c1)nc(C1CC1)n2CC1CCSC1. The molecule has 0 radical (unpaired) electrons. The molecular formula is C16H18N2O2S. The van der Waals surface area contributed by atoms with Gasteiger partial charge in [0.25, 0.3) is 0 Å². The first-order valence-electron chi connectivity index (χ1n) is 7.53. The van der Waals surface area contributed by atoms with Crippen molar-refractivity contribution in [1.82, 2.24) is 9.55 Å². The highest BCUT2D eigenvalue weighted by Gasteiger charge is 2.30. The number of thioether (sulfide) groups is 1. The molecule has 1 unspecified atom stereocenters. The average molecular weight is 302 g/mol. The third kappa shape index (κ3) is 2.44. The maximum Gasteiger partial charge on any atom is 0.335 e. The molecular weight excluding hydrogens is 284 g/mol. The van der Waals surface area contributed by atoms with Crippen LogP contribution in [-0.2, 0) is 6.54 Å². The van der Waals surface area contributed by atoms with Crippen LogP contribution in [-0.4, -0.2) is 32.1 Å². The van der Waals surface area contributed by atoms with E-state index in [1.807, 2.05) is 17.8 Å². The molecule has 0 amide bonds. The van der Waals surface area contributed by atoms with Crippen molar-refractivity contribution < 1.29 is 9.90 Å². The number of imidazole rings is 1. The van der Waals surface area contributed by atoms with Crippen LogP contribution in [0, 0.1) is 5.92 Å². The quantitative estimate of drug-likeness (QED) is 0.941. The zero-order chi connectivity index (χ0) is 14.4. The monoisotopic (exact) mass is 302 g/mol. The first kappa shape index (κ1) is 13.2. The Kier molecular flexibility index (Phi) is 3.17. The third-order valence-corrected chi connectivity index (χ3v) is 5.66. The van der Waals surface area contributed by atoms with Gasteiger partial charge in [0, 0.05) is 12.5 Å². The number of carbonyl (C=O) groups is 1. The summed E-state index contributed by atoms with van der Waals surface area (Å²) in [7, 11) is 0. The Hall–Kier alpha value is -1.49. The minimum atomic E-state index is -0.883. The van der Waals surface area contributed by atoms with Gasteiger partial charge in [0.2, 0.25) is 0 Å². The van der Waals surface area contributed by atoms with Gasteiger partial charge in [-0.25, -0.2) is 9.78 Å². The van der Waals surface area contributed by atoms with Crippen molar-refractivity contribution in [2.24, 2.45) is 5.92 Å². The fraction of sp³-hybridized carbons (Fsp3) is 0.500. The van der Waals surface area contributed by atoms with Crippen LogP contribution < -0.4 is 0 Å². The summed E-state index contributed by atoms with van der Waals surface area (Å²) in [6.07, 6.45) is 3.71. The Bertz CT molecular complexity index is 700. The van der Waals surface area contributed by atoms with Gasteiger partial charge in [-0.1, -0.05) is 0 Å². The summed E-state index contributed by atoms with van der Waals surface area (Å²) in [6, 6.07) is 5.34. The number of aromatic carboxylic acids is 1. The maximum absolute atomic E-state index is 11.1. The molecule has 0 spiro atoms. The number of nitrogens with zero attached hydrogens (tertiary/aromatic N) is 2. The van der Waals surface area contributed by atoms with E-state index < -0.39 is 5.97 Å². The Morgan fingerprint density at radius 1 is 1.38 bits per heavy atom. The predicted octanol–water partition coefficient (Wildman–Crippen LogP) is 3.37. The van der Waals surface area contributed by atoms with E-state index in [2.05, 4.69) is 4.57 Å². The van der Waals surface area contributed by atoms with Gasteiger partial charge in [0.1, 0.15) is 5.82 Å². The molecule has 1 atom stereocenters. The van der Waals surface area contributed by atoms with Crippen LogP contribution >= 0.6 is 11.8 Å². The van der Waals surface area contributed by atoms with E-state index in [-0.39, 0.29) is 0 Å². The van der Waals surface area contributed by atoms with Gasteiger partial charge in [-0.2, -0.15) is 11.8 Å². The van der Waals surface area contributed by atoms with E-state index in [1.54, 1.807) is 12.1 Å². The predicted molar refractivity (Wildman–Crippen MR) is 84.1 cm³/mol. The van der Waals surface area contributed by atoms with Crippen molar-refractivity contribution in [2.45, 2.75) is 31.7 Å². The Morgan fingerprint density at radius 2 is 2.24 bits per heavy atom. The van der Waals surface area contributed by atoms with Crippen molar-refractivity contribution in [1.29, 1.82) is 0 Å². The molecule has 1 saturated heterocycles. The van der Waals surface area contributed by atoms with Gasteiger partial charge < -0.3 is 9.67 Å². The van der Waals surface area contributed by atoms with Gasteiger partial charge in [0.05, 0.1) is 16.6 Å². The van der Waals surface area contributed by atoms with Crippen molar-refractivity contribution in [3.05, 3.63) is 29.6 Å². The lowest BCUT2D eigenvalue weighted by atomic mass is 10.1. The Balaban J connectivity index is 1.78. The van der Waals surface area contributed by atoms with Crippen LogP contribution in [0.1, 0.15) is 41.4 Å². The molecule has 1 N–H and O–H groups in total. The molecule has 1 aromatic heterocycles. The molecule has 1 aliphatic heterocycles. The average Bonchev–Trinajstić information content (AvgIpc) is 3.07. The minimum absolute atomic E-state index is 0.325. The third-order valence-electron chi connectivity index (χ3n) is 4.43. The lowest BCUT2D eigenvalue weighted by Gasteiger charge is -2.13. The highest BCUT2D eigenvalue weighted by Crippen LogP contribution is 2.41.